The molecule has 0 radical (unpaired) electrons. The highest BCUT2D eigenvalue weighted by atomic mass is 16.3. The SMILES string of the molecule is Cc1nn2c(N(C)C)cc(C)[n+](-c3ccccc3O)c2c1N. The highest BCUT2D eigenvalue weighted by Gasteiger charge is 2.27. The van der Waals surface area contributed by atoms with Crippen LogP contribution in [0.3, 0.4) is 0 Å². The molecule has 3 rings (SSSR count). The number of aromatic hydroxyl groups is 1. The van der Waals surface area contributed by atoms with Gasteiger partial charge in [0.05, 0.1) is 0 Å². The predicted octanol–water partition coefficient (Wildman–Crippen LogP) is 1.58. The Bertz CT molecular complexity index is 867. The molecule has 0 bridgehead atoms. The summed E-state index contributed by atoms with van der Waals surface area (Å²) in [5, 5.41) is 14.8. The average molecular weight is 298 g/mol. The summed E-state index contributed by atoms with van der Waals surface area (Å²) in [6, 6.07) is 9.23. The van der Waals surface area contributed by atoms with Gasteiger partial charge in [0, 0.05) is 20.2 Å². The van der Waals surface area contributed by atoms with Gasteiger partial charge in [-0.3, -0.25) is 0 Å². The summed E-state index contributed by atoms with van der Waals surface area (Å²) in [6.45, 7) is 3.87. The van der Waals surface area contributed by atoms with Gasteiger partial charge >= 0.3 is 5.65 Å². The van der Waals surface area contributed by atoms with Crippen LogP contribution in [0.1, 0.15) is 11.4 Å². The van der Waals surface area contributed by atoms with E-state index in [-0.39, 0.29) is 5.75 Å². The van der Waals surface area contributed by atoms with Crippen LogP contribution in [0.2, 0.25) is 0 Å². The molecule has 0 saturated heterocycles. The number of para-hydroxylation sites is 2. The van der Waals surface area contributed by atoms with Gasteiger partial charge in [-0.05, 0) is 26.0 Å². The topological polar surface area (TPSA) is 70.7 Å². The molecule has 0 unspecified atom stereocenters. The van der Waals surface area contributed by atoms with Crippen LogP contribution in [0.5, 0.6) is 5.75 Å². The number of nitrogen functional groups attached to an aromatic ring is 1. The standard InChI is InChI=1S/C16H19N5O/c1-10-9-14(19(3)4)21-16(15(17)11(2)18-21)20(10)12-7-5-6-8-13(12)22/h5-9H,17H2,1-4H3/p+1. The summed E-state index contributed by atoms with van der Waals surface area (Å²) < 4.78 is 3.74. The lowest BCUT2D eigenvalue weighted by atomic mass is 10.2. The van der Waals surface area contributed by atoms with Gasteiger partial charge in [0.25, 0.3) is 0 Å². The van der Waals surface area contributed by atoms with Crippen molar-refractivity contribution in [3.05, 3.63) is 41.7 Å². The van der Waals surface area contributed by atoms with Crippen molar-refractivity contribution in [2.45, 2.75) is 13.8 Å². The van der Waals surface area contributed by atoms with E-state index in [2.05, 4.69) is 5.10 Å². The van der Waals surface area contributed by atoms with Crippen LogP contribution < -0.4 is 15.2 Å². The van der Waals surface area contributed by atoms with E-state index in [1.54, 1.807) is 12.1 Å². The summed E-state index contributed by atoms with van der Waals surface area (Å²) >= 11 is 0. The molecule has 1 aromatic carbocycles. The maximum atomic E-state index is 10.2. The van der Waals surface area contributed by atoms with Crippen molar-refractivity contribution < 1.29 is 9.67 Å². The third-order valence-electron chi connectivity index (χ3n) is 3.78. The van der Waals surface area contributed by atoms with Crippen molar-refractivity contribution in [1.29, 1.82) is 0 Å². The van der Waals surface area contributed by atoms with E-state index in [9.17, 15) is 5.11 Å². The summed E-state index contributed by atoms with van der Waals surface area (Å²) in [7, 11) is 3.93. The van der Waals surface area contributed by atoms with Crippen LogP contribution in [-0.4, -0.2) is 28.8 Å². The minimum absolute atomic E-state index is 0.202. The molecule has 6 nitrogen and oxygen atoms in total. The lowest BCUT2D eigenvalue weighted by molar-refractivity contribution is -0.578. The Morgan fingerprint density at radius 1 is 1.23 bits per heavy atom. The van der Waals surface area contributed by atoms with Gasteiger partial charge in [-0.25, -0.2) is 0 Å². The smallest absolute Gasteiger partial charge is 0.339 e. The molecule has 0 atom stereocenters. The van der Waals surface area contributed by atoms with Gasteiger partial charge in [0.2, 0.25) is 5.82 Å². The van der Waals surface area contributed by atoms with Gasteiger partial charge < -0.3 is 15.7 Å². The molecule has 114 valence electrons. The number of nitrogens with two attached hydrogens (primary N) is 1. The Balaban J connectivity index is 2.49. The molecule has 0 aliphatic carbocycles. The lowest BCUT2D eigenvalue weighted by Crippen LogP contribution is -2.38. The van der Waals surface area contributed by atoms with E-state index in [0.717, 1.165) is 22.9 Å². The number of hydrogen-bond acceptors (Lipinski definition) is 4. The number of phenols is 1. The van der Waals surface area contributed by atoms with Gasteiger partial charge in [-0.2, -0.15) is 4.57 Å². The molecule has 0 fully saturated rings. The van der Waals surface area contributed by atoms with Gasteiger partial charge in [0.1, 0.15) is 11.4 Å². The van der Waals surface area contributed by atoms with Crippen molar-refractivity contribution in [3.8, 4) is 11.4 Å². The zero-order chi connectivity index (χ0) is 16.0. The van der Waals surface area contributed by atoms with E-state index in [1.807, 2.05) is 60.1 Å². The second-order valence-electron chi connectivity index (χ2n) is 5.60. The minimum Gasteiger partial charge on any atom is -0.504 e. The second-order valence-corrected chi connectivity index (χ2v) is 5.60. The Morgan fingerprint density at radius 2 is 1.91 bits per heavy atom. The normalized spacial score (nSPS) is 11.1. The number of nitrogens with zero attached hydrogens (tertiary/aromatic N) is 4. The first-order valence-corrected chi connectivity index (χ1v) is 7.08. The van der Waals surface area contributed by atoms with Crippen LogP contribution in [-0.2, 0) is 0 Å². The van der Waals surface area contributed by atoms with Crippen molar-refractivity contribution in [2.24, 2.45) is 0 Å². The maximum Gasteiger partial charge on any atom is 0.339 e. The summed E-state index contributed by atoms with van der Waals surface area (Å²) in [5.41, 5.74) is 10.0. The maximum absolute atomic E-state index is 10.2. The van der Waals surface area contributed by atoms with E-state index >= 15 is 0 Å². The van der Waals surface area contributed by atoms with Crippen molar-refractivity contribution >= 4 is 17.2 Å². The second kappa shape index (κ2) is 4.91. The van der Waals surface area contributed by atoms with E-state index in [0.29, 0.717) is 11.4 Å². The third-order valence-corrected chi connectivity index (χ3v) is 3.78. The highest BCUT2D eigenvalue weighted by molar-refractivity contribution is 5.68. The number of fused-ring (bicyclic) bond motifs is 1. The highest BCUT2D eigenvalue weighted by Crippen LogP contribution is 2.25. The van der Waals surface area contributed by atoms with Gasteiger partial charge in [-0.15, -0.1) is 0 Å². The predicted molar refractivity (Wildman–Crippen MR) is 86.6 cm³/mol. The largest absolute Gasteiger partial charge is 0.504 e. The lowest BCUT2D eigenvalue weighted by Gasteiger charge is -2.13. The van der Waals surface area contributed by atoms with E-state index in [1.165, 1.54) is 0 Å². The minimum atomic E-state index is 0.202. The fourth-order valence-corrected chi connectivity index (χ4v) is 2.66. The third kappa shape index (κ3) is 1.95. The Labute approximate surface area is 129 Å². The molecule has 3 N–H and O–H groups in total. The molecule has 3 aromatic rings. The van der Waals surface area contributed by atoms with Gasteiger partial charge in [-0.1, -0.05) is 21.7 Å². The zero-order valence-electron chi connectivity index (χ0n) is 13.2. The number of phenolic OH excluding ortho intramolecular Hbond substituents is 1. The monoisotopic (exact) mass is 298 g/mol. The molecule has 2 heterocycles. The fourth-order valence-electron chi connectivity index (χ4n) is 2.66. The average Bonchev–Trinajstić information content (AvgIpc) is 2.76. The van der Waals surface area contributed by atoms with Crippen molar-refractivity contribution in [3.63, 3.8) is 0 Å². The molecule has 0 aliphatic heterocycles. The molecule has 0 saturated carbocycles. The van der Waals surface area contributed by atoms with Gasteiger partial charge in [0.15, 0.2) is 17.1 Å². The summed E-state index contributed by atoms with van der Waals surface area (Å²) in [4.78, 5) is 1.99. The first-order chi connectivity index (χ1) is 10.4. The number of rotatable bonds is 2. The number of anilines is 2. The number of benzene rings is 1. The molecule has 2 aromatic heterocycles. The van der Waals surface area contributed by atoms with Crippen LogP contribution >= 0.6 is 0 Å². The molecular weight excluding hydrogens is 278 g/mol. The fraction of sp³-hybridized carbons (Fsp3) is 0.250. The Morgan fingerprint density at radius 3 is 2.55 bits per heavy atom. The summed E-state index contributed by atoms with van der Waals surface area (Å²) in [6.07, 6.45) is 0. The molecule has 0 spiro atoms. The van der Waals surface area contributed by atoms with Crippen molar-refractivity contribution in [2.75, 3.05) is 24.7 Å². The first kappa shape index (κ1) is 14.2. The van der Waals surface area contributed by atoms with E-state index in [4.69, 9.17) is 5.73 Å². The molecular formula is C16H20N5O+. The van der Waals surface area contributed by atoms with Crippen LogP contribution in [0.4, 0.5) is 11.5 Å². The van der Waals surface area contributed by atoms with Crippen LogP contribution in [0, 0.1) is 13.8 Å². The van der Waals surface area contributed by atoms with Crippen LogP contribution in [0.25, 0.3) is 11.3 Å². The Kier molecular flexibility index (Phi) is 3.16. The molecule has 0 aliphatic rings. The summed E-state index contributed by atoms with van der Waals surface area (Å²) in [5.74, 6) is 1.13. The first-order valence-electron chi connectivity index (χ1n) is 7.08. The van der Waals surface area contributed by atoms with Crippen LogP contribution in [0.15, 0.2) is 30.3 Å². The number of aryl methyl sites for hydroxylation is 2. The molecule has 0 amide bonds. The van der Waals surface area contributed by atoms with E-state index < -0.39 is 0 Å². The number of aromatic nitrogens is 3. The zero-order valence-corrected chi connectivity index (χ0v) is 13.2. The Hall–Kier alpha value is -2.76. The van der Waals surface area contributed by atoms with Crippen molar-refractivity contribution in [1.82, 2.24) is 9.61 Å². The number of hydrogen-bond donors (Lipinski definition) is 2. The molecule has 6 heteroatoms. The quantitative estimate of drug-likeness (QED) is 0.705. The molecule has 22 heavy (non-hydrogen) atoms.